The predicted molar refractivity (Wildman–Crippen MR) is 71.5 cm³/mol. The fourth-order valence-electron chi connectivity index (χ4n) is 1.79. The smallest absolute Gasteiger partial charge is 0.159 e. The van der Waals surface area contributed by atoms with Gasteiger partial charge in [-0.2, -0.15) is 0 Å². The van der Waals surface area contributed by atoms with E-state index < -0.39 is 11.6 Å². The Kier molecular flexibility index (Phi) is 4.45. The van der Waals surface area contributed by atoms with Gasteiger partial charge < -0.3 is 4.74 Å². The van der Waals surface area contributed by atoms with Crippen LogP contribution < -0.4 is 4.74 Å². The van der Waals surface area contributed by atoms with Crippen LogP contribution in [0.2, 0.25) is 0 Å². The Bertz CT molecular complexity index is 606. The van der Waals surface area contributed by atoms with Gasteiger partial charge in [0.2, 0.25) is 0 Å². The minimum atomic E-state index is -0.886. The molecular weight excluding hydrogens is 262 g/mol. The molecule has 0 heterocycles. The highest BCUT2D eigenvalue weighted by Gasteiger charge is 2.03. The summed E-state index contributed by atoms with van der Waals surface area (Å²) >= 11 is 0. The lowest BCUT2D eigenvalue weighted by molar-refractivity contribution is -0.116. The Hall–Kier alpha value is -2.23. The molecule has 0 aliphatic carbocycles. The van der Waals surface area contributed by atoms with E-state index in [1.165, 1.54) is 13.0 Å². The SMILES string of the molecule is CC(=O)Cc1ccc(OCc2ccc(F)c(F)c2)cc1. The lowest BCUT2D eigenvalue weighted by Gasteiger charge is -2.07. The first-order chi connectivity index (χ1) is 9.54. The monoisotopic (exact) mass is 276 g/mol. The van der Waals surface area contributed by atoms with Crippen LogP contribution in [0.4, 0.5) is 8.78 Å². The molecule has 0 aliphatic heterocycles. The molecule has 2 aromatic carbocycles. The van der Waals surface area contributed by atoms with E-state index in [9.17, 15) is 13.6 Å². The minimum Gasteiger partial charge on any atom is -0.489 e. The molecule has 104 valence electrons. The summed E-state index contributed by atoms with van der Waals surface area (Å²) in [6.07, 6.45) is 0.392. The summed E-state index contributed by atoms with van der Waals surface area (Å²) in [5, 5.41) is 0. The molecular formula is C16H14F2O2. The third kappa shape index (κ3) is 3.88. The molecule has 0 unspecified atom stereocenters. The number of ether oxygens (including phenoxy) is 1. The topological polar surface area (TPSA) is 26.3 Å². The molecule has 0 fully saturated rings. The molecule has 0 aromatic heterocycles. The van der Waals surface area contributed by atoms with Gasteiger partial charge in [0.05, 0.1) is 0 Å². The second-order valence-corrected chi connectivity index (χ2v) is 4.56. The van der Waals surface area contributed by atoms with Crippen molar-refractivity contribution in [1.29, 1.82) is 0 Å². The van der Waals surface area contributed by atoms with E-state index in [4.69, 9.17) is 4.74 Å². The van der Waals surface area contributed by atoms with Gasteiger partial charge in [0.15, 0.2) is 11.6 Å². The maximum Gasteiger partial charge on any atom is 0.159 e. The van der Waals surface area contributed by atoms with Crippen molar-refractivity contribution < 1.29 is 18.3 Å². The summed E-state index contributed by atoms with van der Waals surface area (Å²) in [5.41, 5.74) is 1.47. The molecule has 20 heavy (non-hydrogen) atoms. The van der Waals surface area contributed by atoms with Crippen LogP contribution in [0.25, 0.3) is 0 Å². The number of Topliss-reactive ketones (excluding diaryl/α,β-unsaturated/α-hetero) is 1. The van der Waals surface area contributed by atoms with Crippen molar-refractivity contribution in [1.82, 2.24) is 0 Å². The quantitative estimate of drug-likeness (QED) is 0.832. The molecule has 0 N–H and O–H groups in total. The van der Waals surface area contributed by atoms with Gasteiger partial charge >= 0.3 is 0 Å². The number of halogens is 2. The van der Waals surface area contributed by atoms with Crippen molar-refractivity contribution in [3.8, 4) is 5.75 Å². The molecule has 0 bridgehead atoms. The molecule has 0 atom stereocenters. The zero-order chi connectivity index (χ0) is 14.5. The Balaban J connectivity index is 1.96. The summed E-state index contributed by atoms with van der Waals surface area (Å²) < 4.78 is 31.3. The summed E-state index contributed by atoms with van der Waals surface area (Å²) in [7, 11) is 0. The van der Waals surface area contributed by atoms with E-state index >= 15 is 0 Å². The number of benzene rings is 2. The van der Waals surface area contributed by atoms with Crippen LogP contribution in [-0.4, -0.2) is 5.78 Å². The van der Waals surface area contributed by atoms with Crippen LogP contribution in [0.5, 0.6) is 5.75 Å². The highest BCUT2D eigenvalue weighted by Crippen LogP contribution is 2.16. The van der Waals surface area contributed by atoms with Crippen molar-refractivity contribution in [3.05, 3.63) is 65.2 Å². The van der Waals surface area contributed by atoms with E-state index in [-0.39, 0.29) is 12.4 Å². The Morgan fingerprint density at radius 1 is 1.00 bits per heavy atom. The molecule has 0 spiro atoms. The number of ketones is 1. The van der Waals surface area contributed by atoms with Gasteiger partial charge in [-0.3, -0.25) is 4.79 Å². The fourth-order valence-corrected chi connectivity index (χ4v) is 1.79. The van der Waals surface area contributed by atoms with E-state index in [0.717, 1.165) is 17.7 Å². The lowest BCUT2D eigenvalue weighted by Crippen LogP contribution is -1.98. The first-order valence-electron chi connectivity index (χ1n) is 6.19. The molecule has 0 amide bonds. The van der Waals surface area contributed by atoms with Crippen molar-refractivity contribution in [2.24, 2.45) is 0 Å². The molecule has 2 rings (SSSR count). The van der Waals surface area contributed by atoms with Crippen molar-refractivity contribution in [2.75, 3.05) is 0 Å². The first kappa shape index (κ1) is 14.2. The first-order valence-corrected chi connectivity index (χ1v) is 6.19. The standard InChI is InChI=1S/C16H14F2O2/c1-11(19)8-12-2-5-14(6-3-12)20-10-13-4-7-15(17)16(18)9-13/h2-7,9H,8,10H2,1H3. The molecule has 0 saturated carbocycles. The molecule has 0 radical (unpaired) electrons. The lowest BCUT2D eigenvalue weighted by atomic mass is 10.1. The van der Waals surface area contributed by atoms with E-state index in [0.29, 0.717) is 17.7 Å². The number of carbonyl (C=O) groups excluding carboxylic acids is 1. The minimum absolute atomic E-state index is 0.0976. The summed E-state index contributed by atoms with van der Waals surface area (Å²) in [6, 6.07) is 10.8. The number of hydrogen-bond donors (Lipinski definition) is 0. The van der Waals surface area contributed by atoms with Gasteiger partial charge in [0.1, 0.15) is 18.1 Å². The number of hydrogen-bond acceptors (Lipinski definition) is 2. The number of carbonyl (C=O) groups is 1. The fraction of sp³-hybridized carbons (Fsp3) is 0.188. The summed E-state index contributed by atoms with van der Waals surface area (Å²) in [5.74, 6) is -1.05. The second kappa shape index (κ2) is 6.28. The largest absolute Gasteiger partial charge is 0.489 e. The van der Waals surface area contributed by atoms with E-state index in [1.54, 1.807) is 12.1 Å². The average Bonchev–Trinajstić information content (AvgIpc) is 2.41. The second-order valence-electron chi connectivity index (χ2n) is 4.56. The highest BCUT2D eigenvalue weighted by atomic mass is 19.2. The van der Waals surface area contributed by atoms with E-state index in [2.05, 4.69) is 0 Å². The number of rotatable bonds is 5. The summed E-state index contributed by atoms with van der Waals surface area (Å²) in [6.45, 7) is 1.69. The molecule has 2 nitrogen and oxygen atoms in total. The van der Waals surface area contributed by atoms with Crippen LogP contribution in [0, 0.1) is 11.6 Å². The third-order valence-corrected chi connectivity index (χ3v) is 2.77. The van der Waals surface area contributed by atoms with Crippen LogP contribution >= 0.6 is 0 Å². The Morgan fingerprint density at radius 3 is 2.25 bits per heavy atom. The Morgan fingerprint density at radius 2 is 1.65 bits per heavy atom. The Labute approximate surface area is 116 Å². The zero-order valence-electron chi connectivity index (χ0n) is 11.0. The van der Waals surface area contributed by atoms with Crippen LogP contribution in [-0.2, 0) is 17.8 Å². The van der Waals surface area contributed by atoms with Gasteiger partial charge in [0.25, 0.3) is 0 Å². The van der Waals surface area contributed by atoms with Gasteiger partial charge in [-0.1, -0.05) is 18.2 Å². The zero-order valence-corrected chi connectivity index (χ0v) is 11.0. The predicted octanol–water partition coefficient (Wildman–Crippen LogP) is 3.68. The summed E-state index contributed by atoms with van der Waals surface area (Å²) in [4.78, 5) is 11.0. The molecule has 2 aromatic rings. The van der Waals surface area contributed by atoms with Crippen molar-refractivity contribution >= 4 is 5.78 Å². The maximum absolute atomic E-state index is 13.0. The molecule has 4 heteroatoms. The normalized spacial score (nSPS) is 10.3. The molecule has 0 aliphatic rings. The van der Waals surface area contributed by atoms with Gasteiger partial charge in [-0.15, -0.1) is 0 Å². The van der Waals surface area contributed by atoms with Crippen LogP contribution in [0.1, 0.15) is 18.1 Å². The van der Waals surface area contributed by atoms with Crippen molar-refractivity contribution in [3.63, 3.8) is 0 Å². The highest BCUT2D eigenvalue weighted by molar-refractivity contribution is 5.78. The third-order valence-electron chi connectivity index (χ3n) is 2.77. The maximum atomic E-state index is 13.0. The van der Waals surface area contributed by atoms with E-state index in [1.807, 2.05) is 12.1 Å². The molecule has 0 saturated heterocycles. The van der Waals surface area contributed by atoms with Crippen molar-refractivity contribution in [2.45, 2.75) is 20.0 Å². The van der Waals surface area contributed by atoms with Gasteiger partial charge in [-0.05, 0) is 42.3 Å². The van der Waals surface area contributed by atoms with Gasteiger partial charge in [-0.25, -0.2) is 8.78 Å². The average molecular weight is 276 g/mol. The van der Waals surface area contributed by atoms with Gasteiger partial charge in [0, 0.05) is 6.42 Å². The van der Waals surface area contributed by atoms with Crippen LogP contribution in [0.3, 0.4) is 0 Å². The van der Waals surface area contributed by atoms with Crippen LogP contribution in [0.15, 0.2) is 42.5 Å².